The monoisotopic (exact) mass is 385 g/mol. The van der Waals surface area contributed by atoms with Gasteiger partial charge in [-0.15, -0.1) is 0 Å². The normalized spacial score (nSPS) is 9.93. The fourth-order valence-corrected chi connectivity index (χ4v) is 3.11. The average Bonchev–Trinajstić information content (AvgIpc) is 2.77. The summed E-state index contributed by atoms with van der Waals surface area (Å²) in [7, 11) is 2.75. The Bertz CT molecular complexity index is 1160. The molecular formula is C22H15N3O4. The van der Waals surface area contributed by atoms with E-state index in [2.05, 4.69) is 6.07 Å². The van der Waals surface area contributed by atoms with Crippen LogP contribution in [0.2, 0.25) is 0 Å². The maximum atomic E-state index is 12.0. The van der Waals surface area contributed by atoms with E-state index < -0.39 is 4.92 Å². The molecule has 0 saturated heterocycles. The Kier molecular flexibility index (Phi) is 5.43. The van der Waals surface area contributed by atoms with Gasteiger partial charge in [0.15, 0.2) is 5.75 Å². The van der Waals surface area contributed by atoms with E-state index in [1.807, 2.05) is 6.07 Å². The number of nitro groups is 1. The lowest BCUT2D eigenvalue weighted by Crippen LogP contribution is -2.01. The number of benzene rings is 3. The second-order valence-corrected chi connectivity index (χ2v) is 6.02. The molecule has 0 N–H and O–H groups in total. The van der Waals surface area contributed by atoms with E-state index in [4.69, 9.17) is 20.0 Å². The zero-order chi connectivity index (χ0) is 21.0. The van der Waals surface area contributed by atoms with Gasteiger partial charge in [-0.05, 0) is 41.5 Å². The predicted molar refractivity (Wildman–Crippen MR) is 107 cm³/mol. The molecule has 0 aliphatic rings. The average molecular weight is 385 g/mol. The Labute approximate surface area is 167 Å². The molecule has 3 rings (SSSR count). The van der Waals surface area contributed by atoms with Gasteiger partial charge in [0.1, 0.15) is 0 Å². The highest BCUT2D eigenvalue weighted by molar-refractivity contribution is 5.93. The summed E-state index contributed by atoms with van der Waals surface area (Å²) in [5.41, 5.74) is 2.78. The summed E-state index contributed by atoms with van der Waals surface area (Å²) in [6, 6.07) is 19.0. The Morgan fingerprint density at radius 2 is 1.38 bits per heavy atom. The van der Waals surface area contributed by atoms with E-state index in [1.165, 1.54) is 14.2 Å². The van der Waals surface area contributed by atoms with Crippen LogP contribution in [0.4, 0.5) is 5.69 Å². The molecule has 0 spiro atoms. The first-order valence-corrected chi connectivity index (χ1v) is 8.48. The number of rotatable bonds is 5. The minimum absolute atomic E-state index is 0.00857. The van der Waals surface area contributed by atoms with Crippen molar-refractivity contribution in [2.24, 2.45) is 0 Å². The molecule has 0 aliphatic carbocycles. The van der Waals surface area contributed by atoms with Crippen LogP contribution in [-0.2, 0) is 0 Å². The molecule has 142 valence electrons. The minimum Gasteiger partial charge on any atom is -0.493 e. The van der Waals surface area contributed by atoms with Crippen LogP contribution in [0.15, 0.2) is 54.6 Å². The van der Waals surface area contributed by atoms with Gasteiger partial charge in [-0.3, -0.25) is 10.1 Å². The third-order valence-corrected chi connectivity index (χ3v) is 4.45. The van der Waals surface area contributed by atoms with Crippen molar-refractivity contribution in [2.75, 3.05) is 14.2 Å². The maximum absolute atomic E-state index is 12.0. The minimum atomic E-state index is -0.512. The van der Waals surface area contributed by atoms with Crippen molar-refractivity contribution in [2.45, 2.75) is 0 Å². The smallest absolute Gasteiger partial charge is 0.323 e. The number of nitriles is 2. The van der Waals surface area contributed by atoms with Gasteiger partial charge in [-0.1, -0.05) is 24.3 Å². The lowest BCUT2D eigenvalue weighted by molar-refractivity contribution is -0.385. The molecule has 0 aromatic heterocycles. The van der Waals surface area contributed by atoms with Crippen molar-refractivity contribution in [1.29, 1.82) is 10.5 Å². The van der Waals surface area contributed by atoms with E-state index in [1.54, 1.807) is 54.6 Å². The molecule has 0 aliphatic heterocycles. The molecule has 7 nitrogen and oxygen atoms in total. The zero-order valence-corrected chi connectivity index (χ0v) is 15.7. The molecule has 0 heterocycles. The summed E-state index contributed by atoms with van der Waals surface area (Å²) < 4.78 is 10.6. The van der Waals surface area contributed by atoms with Crippen molar-refractivity contribution in [3.63, 3.8) is 0 Å². The fourth-order valence-electron chi connectivity index (χ4n) is 3.11. The molecule has 0 saturated carbocycles. The highest BCUT2D eigenvalue weighted by atomic mass is 16.6. The van der Waals surface area contributed by atoms with E-state index in [0.29, 0.717) is 33.4 Å². The first kappa shape index (κ1) is 19.4. The number of hydrogen-bond acceptors (Lipinski definition) is 6. The van der Waals surface area contributed by atoms with Crippen LogP contribution < -0.4 is 9.47 Å². The molecule has 7 heteroatoms. The zero-order valence-electron chi connectivity index (χ0n) is 15.7. The lowest BCUT2D eigenvalue weighted by atomic mass is 9.91. The molecule has 0 bridgehead atoms. The molecule has 3 aromatic carbocycles. The Morgan fingerprint density at radius 1 is 0.862 bits per heavy atom. The van der Waals surface area contributed by atoms with Crippen molar-refractivity contribution in [3.8, 4) is 45.9 Å². The number of nitrogens with zero attached hydrogens (tertiary/aromatic N) is 3. The molecule has 3 aromatic rings. The van der Waals surface area contributed by atoms with Gasteiger partial charge in [0.2, 0.25) is 5.75 Å². The van der Waals surface area contributed by atoms with Gasteiger partial charge >= 0.3 is 5.69 Å². The van der Waals surface area contributed by atoms with Crippen LogP contribution >= 0.6 is 0 Å². The standard InChI is InChI=1S/C22H15N3O4/c1-28-19-11-18(16-7-3-14(12-23)4-8-16)20(21(25(26)27)22(19)29-2)17-9-5-15(13-24)6-10-17/h3-11H,1-2H3. The maximum Gasteiger partial charge on any atom is 0.323 e. The van der Waals surface area contributed by atoms with Crippen molar-refractivity contribution in [1.82, 2.24) is 0 Å². The van der Waals surface area contributed by atoms with Crippen LogP contribution in [0, 0.1) is 32.8 Å². The quantitative estimate of drug-likeness (QED) is 0.465. The Balaban J connectivity index is 2.41. The second-order valence-electron chi connectivity index (χ2n) is 6.02. The number of nitro benzene ring substituents is 1. The van der Waals surface area contributed by atoms with Gasteiger partial charge in [-0.25, -0.2) is 0 Å². The molecule has 29 heavy (non-hydrogen) atoms. The number of hydrogen-bond donors (Lipinski definition) is 0. The first-order chi connectivity index (χ1) is 14.0. The summed E-state index contributed by atoms with van der Waals surface area (Å²) in [5.74, 6) is 0.227. The van der Waals surface area contributed by atoms with E-state index in [-0.39, 0.29) is 17.2 Å². The van der Waals surface area contributed by atoms with Crippen molar-refractivity contribution < 1.29 is 14.4 Å². The van der Waals surface area contributed by atoms with Gasteiger partial charge in [0.05, 0.1) is 48.0 Å². The van der Waals surface area contributed by atoms with Crippen LogP contribution in [0.3, 0.4) is 0 Å². The largest absolute Gasteiger partial charge is 0.493 e. The van der Waals surface area contributed by atoms with Gasteiger partial charge in [0, 0.05) is 5.56 Å². The van der Waals surface area contributed by atoms with Crippen molar-refractivity contribution >= 4 is 5.69 Å². The van der Waals surface area contributed by atoms with Gasteiger partial charge < -0.3 is 9.47 Å². The SMILES string of the molecule is COc1cc(-c2ccc(C#N)cc2)c(-c2ccc(C#N)cc2)c([N+](=O)[O-])c1OC. The molecule has 0 radical (unpaired) electrons. The summed E-state index contributed by atoms with van der Waals surface area (Å²) >= 11 is 0. The fraction of sp³-hybridized carbons (Fsp3) is 0.0909. The summed E-state index contributed by atoms with van der Waals surface area (Å²) in [6.07, 6.45) is 0. The van der Waals surface area contributed by atoms with Crippen LogP contribution in [0.5, 0.6) is 11.5 Å². The predicted octanol–water partition coefficient (Wildman–Crippen LogP) is 4.69. The summed E-state index contributed by atoms with van der Waals surface area (Å²) in [4.78, 5) is 11.5. The Hall–Kier alpha value is -4.36. The highest BCUT2D eigenvalue weighted by Crippen LogP contribution is 2.49. The van der Waals surface area contributed by atoms with Gasteiger partial charge in [-0.2, -0.15) is 10.5 Å². The van der Waals surface area contributed by atoms with Gasteiger partial charge in [0.25, 0.3) is 0 Å². The Morgan fingerprint density at radius 3 is 1.79 bits per heavy atom. The molecule has 0 unspecified atom stereocenters. The summed E-state index contributed by atoms with van der Waals surface area (Å²) in [5, 5.41) is 30.1. The van der Waals surface area contributed by atoms with Crippen LogP contribution in [0.1, 0.15) is 11.1 Å². The van der Waals surface area contributed by atoms with Crippen LogP contribution in [0.25, 0.3) is 22.3 Å². The van der Waals surface area contributed by atoms with Crippen molar-refractivity contribution in [3.05, 3.63) is 75.8 Å². The molecule has 0 atom stereocenters. The topological polar surface area (TPSA) is 109 Å². The van der Waals surface area contributed by atoms with E-state index >= 15 is 0 Å². The highest BCUT2D eigenvalue weighted by Gasteiger charge is 2.30. The molecule has 0 fully saturated rings. The molecule has 0 amide bonds. The molecular weight excluding hydrogens is 370 g/mol. The first-order valence-electron chi connectivity index (χ1n) is 8.48. The van der Waals surface area contributed by atoms with E-state index in [9.17, 15) is 10.1 Å². The van der Waals surface area contributed by atoms with E-state index in [0.717, 1.165) is 0 Å². The lowest BCUT2D eigenvalue weighted by Gasteiger charge is -2.16. The number of methoxy groups -OCH3 is 2. The van der Waals surface area contributed by atoms with Crippen LogP contribution in [-0.4, -0.2) is 19.1 Å². The summed E-state index contributed by atoms with van der Waals surface area (Å²) in [6.45, 7) is 0. The third-order valence-electron chi connectivity index (χ3n) is 4.45. The third kappa shape index (κ3) is 3.58. The number of ether oxygens (including phenoxy) is 2. The second kappa shape index (κ2) is 8.12.